The highest BCUT2D eigenvalue weighted by molar-refractivity contribution is 7.92. The maximum atomic E-state index is 11.4. The highest BCUT2D eigenvalue weighted by atomic mass is 32.2. The van der Waals surface area contributed by atoms with Gasteiger partial charge in [-0.15, -0.1) is 0 Å². The second-order valence-corrected chi connectivity index (χ2v) is 6.70. The molecule has 1 aromatic rings. The lowest BCUT2D eigenvalue weighted by molar-refractivity contribution is 0.0940. The van der Waals surface area contributed by atoms with Gasteiger partial charge in [-0.05, 0) is 13.8 Å². The lowest BCUT2D eigenvalue weighted by atomic mass is 10.2. The summed E-state index contributed by atoms with van der Waals surface area (Å²) in [6.45, 7) is 3.11. The summed E-state index contributed by atoms with van der Waals surface area (Å²) < 4.78 is 21.7. The Hall–Kier alpha value is -1.44. The molecule has 0 bridgehead atoms. The van der Waals surface area contributed by atoms with Crippen LogP contribution in [-0.2, 0) is 9.84 Å². The van der Waals surface area contributed by atoms with Crippen LogP contribution in [0.2, 0.25) is 0 Å². The first-order valence-corrected chi connectivity index (χ1v) is 6.46. The quantitative estimate of drug-likeness (QED) is 0.735. The number of hydrogen-bond donors (Lipinski definition) is 2. The minimum absolute atomic E-state index is 0.0192. The summed E-state index contributed by atoms with van der Waals surface area (Å²) >= 11 is 0. The monoisotopic (exact) mass is 246 g/mol. The SMILES string of the molecule is CC(C)(CNC(=O)c1ncn[nH]1)S(C)(=O)=O. The molecule has 0 atom stereocenters. The molecule has 90 valence electrons. The Labute approximate surface area is 93.6 Å². The second-order valence-electron chi connectivity index (χ2n) is 4.05. The van der Waals surface area contributed by atoms with E-state index in [2.05, 4.69) is 20.5 Å². The lowest BCUT2D eigenvalue weighted by Gasteiger charge is -2.22. The van der Waals surface area contributed by atoms with E-state index in [1.807, 2.05) is 0 Å². The van der Waals surface area contributed by atoms with Crippen molar-refractivity contribution in [2.24, 2.45) is 0 Å². The molecule has 0 aromatic carbocycles. The third-order valence-electron chi connectivity index (χ3n) is 2.31. The average molecular weight is 246 g/mol. The number of sulfone groups is 1. The van der Waals surface area contributed by atoms with Crippen molar-refractivity contribution in [1.82, 2.24) is 20.5 Å². The van der Waals surface area contributed by atoms with Gasteiger partial charge < -0.3 is 5.32 Å². The molecule has 0 aliphatic rings. The Morgan fingerprint density at radius 2 is 2.19 bits per heavy atom. The minimum atomic E-state index is -3.23. The minimum Gasteiger partial charge on any atom is -0.348 e. The number of rotatable bonds is 4. The summed E-state index contributed by atoms with van der Waals surface area (Å²) in [5.41, 5.74) is 0. The van der Waals surface area contributed by atoms with Gasteiger partial charge in [0, 0.05) is 12.8 Å². The summed E-state index contributed by atoms with van der Waals surface area (Å²) in [7, 11) is -3.23. The van der Waals surface area contributed by atoms with Crippen LogP contribution in [-0.4, -0.2) is 47.1 Å². The molecule has 7 nitrogen and oxygen atoms in total. The second kappa shape index (κ2) is 4.20. The van der Waals surface area contributed by atoms with Crippen LogP contribution in [0.3, 0.4) is 0 Å². The first-order valence-electron chi connectivity index (χ1n) is 4.57. The van der Waals surface area contributed by atoms with Crippen molar-refractivity contribution in [1.29, 1.82) is 0 Å². The summed E-state index contributed by atoms with van der Waals surface area (Å²) in [5.74, 6) is -0.418. The van der Waals surface area contributed by atoms with Gasteiger partial charge in [0.2, 0.25) is 5.82 Å². The summed E-state index contributed by atoms with van der Waals surface area (Å²) in [6, 6.07) is 0. The normalized spacial score (nSPS) is 12.4. The van der Waals surface area contributed by atoms with Gasteiger partial charge in [0.15, 0.2) is 9.84 Å². The molecule has 1 aromatic heterocycles. The Bertz CT molecular complexity index is 463. The zero-order valence-electron chi connectivity index (χ0n) is 9.31. The van der Waals surface area contributed by atoms with Gasteiger partial charge in [0.1, 0.15) is 6.33 Å². The molecular formula is C8H14N4O3S. The van der Waals surface area contributed by atoms with Crippen LogP contribution in [0.15, 0.2) is 6.33 Å². The van der Waals surface area contributed by atoms with Crippen LogP contribution < -0.4 is 5.32 Å². The molecule has 2 N–H and O–H groups in total. The number of aromatic amines is 1. The largest absolute Gasteiger partial charge is 0.348 e. The maximum absolute atomic E-state index is 11.4. The fraction of sp³-hybridized carbons (Fsp3) is 0.625. The lowest BCUT2D eigenvalue weighted by Crippen LogP contribution is -2.44. The molecule has 0 fully saturated rings. The van der Waals surface area contributed by atoms with Crippen LogP contribution in [0.5, 0.6) is 0 Å². The van der Waals surface area contributed by atoms with Gasteiger partial charge >= 0.3 is 0 Å². The van der Waals surface area contributed by atoms with E-state index in [1.165, 1.54) is 6.33 Å². The van der Waals surface area contributed by atoms with Crippen molar-refractivity contribution in [3.05, 3.63) is 12.2 Å². The molecule has 0 aliphatic carbocycles. The molecular weight excluding hydrogens is 232 g/mol. The molecule has 8 heteroatoms. The number of nitrogens with one attached hydrogen (secondary N) is 2. The third-order valence-corrected chi connectivity index (χ3v) is 4.46. The van der Waals surface area contributed by atoms with Crippen molar-refractivity contribution in [2.45, 2.75) is 18.6 Å². The Kier molecular flexibility index (Phi) is 3.32. The molecule has 16 heavy (non-hydrogen) atoms. The smallest absolute Gasteiger partial charge is 0.288 e. The van der Waals surface area contributed by atoms with Gasteiger partial charge in [-0.2, -0.15) is 5.10 Å². The predicted octanol–water partition coefficient (Wildman–Crippen LogP) is -0.642. The van der Waals surface area contributed by atoms with E-state index in [0.717, 1.165) is 6.26 Å². The fourth-order valence-corrected chi connectivity index (χ4v) is 1.16. The highest BCUT2D eigenvalue weighted by Gasteiger charge is 2.30. The molecule has 1 amide bonds. The molecule has 0 saturated heterocycles. The van der Waals surface area contributed by atoms with Crippen molar-refractivity contribution >= 4 is 15.7 Å². The predicted molar refractivity (Wildman–Crippen MR) is 57.6 cm³/mol. The van der Waals surface area contributed by atoms with E-state index < -0.39 is 20.5 Å². The van der Waals surface area contributed by atoms with Gasteiger partial charge in [-0.25, -0.2) is 13.4 Å². The molecule has 1 heterocycles. The first kappa shape index (κ1) is 12.6. The number of H-pyrrole nitrogens is 1. The van der Waals surface area contributed by atoms with Crippen LogP contribution in [0, 0.1) is 0 Å². The van der Waals surface area contributed by atoms with E-state index in [4.69, 9.17) is 0 Å². The van der Waals surface area contributed by atoms with E-state index in [0.29, 0.717) is 0 Å². The number of carbonyl (C=O) groups excluding carboxylic acids is 1. The zero-order valence-corrected chi connectivity index (χ0v) is 10.1. The summed E-state index contributed by atoms with van der Waals surface area (Å²) in [5, 5.41) is 8.39. The van der Waals surface area contributed by atoms with Crippen LogP contribution in [0.4, 0.5) is 0 Å². The van der Waals surface area contributed by atoms with E-state index >= 15 is 0 Å². The van der Waals surface area contributed by atoms with Crippen molar-refractivity contribution in [3.63, 3.8) is 0 Å². The van der Waals surface area contributed by atoms with Crippen molar-refractivity contribution in [3.8, 4) is 0 Å². The maximum Gasteiger partial charge on any atom is 0.288 e. The Morgan fingerprint density at radius 1 is 1.56 bits per heavy atom. The van der Waals surface area contributed by atoms with Gasteiger partial charge in [0.25, 0.3) is 5.91 Å². The standard InChI is InChI=1S/C8H14N4O3S/c1-8(2,16(3,14)15)4-9-7(13)6-10-5-11-12-6/h5H,4H2,1-3H3,(H,9,13)(H,10,11,12). The average Bonchev–Trinajstić information content (AvgIpc) is 2.65. The topological polar surface area (TPSA) is 105 Å². The van der Waals surface area contributed by atoms with Crippen LogP contribution in [0.1, 0.15) is 24.5 Å². The van der Waals surface area contributed by atoms with Crippen molar-refractivity contribution in [2.75, 3.05) is 12.8 Å². The molecule has 0 unspecified atom stereocenters. The number of carbonyl (C=O) groups is 1. The summed E-state index contributed by atoms with van der Waals surface area (Å²) in [4.78, 5) is 15.1. The van der Waals surface area contributed by atoms with Crippen molar-refractivity contribution < 1.29 is 13.2 Å². The Morgan fingerprint density at radius 3 is 2.62 bits per heavy atom. The van der Waals surface area contributed by atoms with Gasteiger partial charge in [-0.3, -0.25) is 9.89 Å². The number of nitrogens with zero attached hydrogens (tertiary/aromatic N) is 2. The molecule has 1 rings (SSSR count). The van der Waals surface area contributed by atoms with Gasteiger partial charge in [0.05, 0.1) is 4.75 Å². The van der Waals surface area contributed by atoms with Crippen LogP contribution in [0.25, 0.3) is 0 Å². The van der Waals surface area contributed by atoms with E-state index in [9.17, 15) is 13.2 Å². The third kappa shape index (κ3) is 2.78. The molecule has 0 radical (unpaired) electrons. The fourth-order valence-electron chi connectivity index (χ4n) is 0.823. The number of aromatic nitrogens is 3. The summed E-state index contributed by atoms with van der Waals surface area (Å²) in [6.07, 6.45) is 2.34. The zero-order chi connectivity index (χ0) is 12.4. The van der Waals surface area contributed by atoms with E-state index in [-0.39, 0.29) is 12.4 Å². The molecule has 0 saturated carbocycles. The first-order chi connectivity index (χ1) is 7.24. The molecule has 0 aliphatic heterocycles. The Balaban J connectivity index is 2.63. The molecule has 0 spiro atoms. The van der Waals surface area contributed by atoms with Gasteiger partial charge in [-0.1, -0.05) is 0 Å². The number of hydrogen-bond acceptors (Lipinski definition) is 5. The van der Waals surface area contributed by atoms with Crippen LogP contribution >= 0.6 is 0 Å². The number of amides is 1. The highest BCUT2D eigenvalue weighted by Crippen LogP contribution is 2.13. The van der Waals surface area contributed by atoms with E-state index in [1.54, 1.807) is 13.8 Å².